The Hall–Kier alpha value is -2.76. The van der Waals surface area contributed by atoms with Crippen molar-refractivity contribution in [3.05, 3.63) is 57.6 Å². The monoisotopic (exact) mass is 354 g/mol. The summed E-state index contributed by atoms with van der Waals surface area (Å²) in [5.41, 5.74) is 2.97. The Morgan fingerprint density at radius 2 is 1.73 bits per heavy atom. The summed E-state index contributed by atoms with van der Waals surface area (Å²) in [6, 6.07) is 11.6. The normalized spacial score (nSPS) is 16.5. The summed E-state index contributed by atoms with van der Waals surface area (Å²) in [5, 5.41) is 14.6. The molecule has 4 rings (SSSR count). The second kappa shape index (κ2) is 7.23. The van der Waals surface area contributed by atoms with Gasteiger partial charge in [0.2, 0.25) is 6.79 Å². The molecule has 1 N–H and O–H groups in total. The predicted molar refractivity (Wildman–Crippen MR) is 98.8 cm³/mol. The van der Waals surface area contributed by atoms with Crippen LogP contribution in [0.1, 0.15) is 49.1 Å². The number of hydrogen-bond acceptors (Lipinski definition) is 5. The lowest BCUT2D eigenvalue weighted by molar-refractivity contribution is -0.385. The fraction of sp³-hybridized carbons (Fsp3) is 0.400. The van der Waals surface area contributed by atoms with Crippen LogP contribution in [-0.4, -0.2) is 11.7 Å². The molecule has 1 heterocycles. The van der Waals surface area contributed by atoms with Crippen molar-refractivity contribution in [2.75, 3.05) is 12.1 Å². The molecule has 2 aliphatic rings. The van der Waals surface area contributed by atoms with Gasteiger partial charge in [0.1, 0.15) is 0 Å². The molecule has 26 heavy (non-hydrogen) atoms. The average Bonchev–Trinajstić information content (AvgIpc) is 3.14. The van der Waals surface area contributed by atoms with Crippen LogP contribution in [0.2, 0.25) is 0 Å². The standard InChI is InChI=1S/C20H22N2O4/c23-22(24)18-11-20-19(25-13-26-20)10-16(18)12-21-17-8-6-15(7-9-17)14-4-2-1-3-5-14/h6-11,14,21H,1-5,12-13H2. The minimum Gasteiger partial charge on any atom is -0.454 e. The van der Waals surface area contributed by atoms with E-state index in [1.807, 2.05) is 0 Å². The first-order valence-electron chi connectivity index (χ1n) is 9.11. The van der Waals surface area contributed by atoms with Crippen LogP contribution in [0.5, 0.6) is 11.5 Å². The van der Waals surface area contributed by atoms with Gasteiger partial charge in [0.25, 0.3) is 5.69 Å². The lowest BCUT2D eigenvalue weighted by Crippen LogP contribution is -2.05. The van der Waals surface area contributed by atoms with Gasteiger partial charge in [0.05, 0.1) is 16.6 Å². The van der Waals surface area contributed by atoms with Crippen molar-refractivity contribution < 1.29 is 14.4 Å². The van der Waals surface area contributed by atoms with Crippen LogP contribution in [0, 0.1) is 10.1 Å². The highest BCUT2D eigenvalue weighted by atomic mass is 16.7. The molecule has 1 aliphatic heterocycles. The minimum atomic E-state index is -0.384. The Kier molecular flexibility index (Phi) is 4.65. The van der Waals surface area contributed by atoms with Crippen molar-refractivity contribution in [2.45, 2.75) is 44.6 Å². The maximum atomic E-state index is 11.3. The second-order valence-electron chi connectivity index (χ2n) is 6.90. The Morgan fingerprint density at radius 1 is 1.04 bits per heavy atom. The molecule has 1 saturated carbocycles. The molecule has 2 aromatic carbocycles. The third-order valence-corrected chi connectivity index (χ3v) is 5.24. The van der Waals surface area contributed by atoms with Gasteiger partial charge in [-0.1, -0.05) is 31.4 Å². The van der Waals surface area contributed by atoms with Gasteiger partial charge in [-0.15, -0.1) is 0 Å². The number of rotatable bonds is 5. The number of nitro benzene ring substituents is 1. The highest BCUT2D eigenvalue weighted by Crippen LogP contribution is 2.38. The molecule has 2 aromatic rings. The molecule has 0 saturated heterocycles. The molecule has 6 heteroatoms. The van der Waals surface area contributed by atoms with Crippen LogP contribution >= 0.6 is 0 Å². The lowest BCUT2D eigenvalue weighted by atomic mass is 9.84. The van der Waals surface area contributed by atoms with Gasteiger partial charge in [-0.2, -0.15) is 0 Å². The third kappa shape index (κ3) is 3.45. The lowest BCUT2D eigenvalue weighted by Gasteiger charge is -2.22. The molecule has 0 spiro atoms. The van der Waals surface area contributed by atoms with E-state index in [2.05, 4.69) is 29.6 Å². The molecular weight excluding hydrogens is 332 g/mol. The molecule has 0 aromatic heterocycles. The quantitative estimate of drug-likeness (QED) is 0.605. The van der Waals surface area contributed by atoms with E-state index in [-0.39, 0.29) is 17.4 Å². The summed E-state index contributed by atoms with van der Waals surface area (Å²) in [7, 11) is 0. The van der Waals surface area contributed by atoms with Crippen LogP contribution in [0.4, 0.5) is 11.4 Å². The van der Waals surface area contributed by atoms with Gasteiger partial charge in [-0.05, 0) is 42.5 Å². The molecule has 0 atom stereocenters. The molecule has 0 bridgehead atoms. The van der Waals surface area contributed by atoms with Gasteiger partial charge in [-0.25, -0.2) is 0 Å². The maximum Gasteiger partial charge on any atom is 0.278 e. The number of nitrogens with zero attached hydrogens (tertiary/aromatic N) is 1. The second-order valence-corrected chi connectivity index (χ2v) is 6.90. The number of nitrogens with one attached hydrogen (secondary N) is 1. The van der Waals surface area contributed by atoms with Crippen LogP contribution in [0.3, 0.4) is 0 Å². The summed E-state index contributed by atoms with van der Waals surface area (Å²) in [6.45, 7) is 0.460. The van der Waals surface area contributed by atoms with Gasteiger partial charge >= 0.3 is 0 Å². The van der Waals surface area contributed by atoms with Crippen molar-refractivity contribution in [1.82, 2.24) is 0 Å². The number of ether oxygens (including phenoxy) is 2. The first-order valence-corrected chi connectivity index (χ1v) is 9.11. The van der Waals surface area contributed by atoms with E-state index in [9.17, 15) is 10.1 Å². The van der Waals surface area contributed by atoms with Gasteiger partial charge in [-0.3, -0.25) is 10.1 Å². The number of hydrogen-bond donors (Lipinski definition) is 1. The van der Waals surface area contributed by atoms with Crippen molar-refractivity contribution in [3.8, 4) is 11.5 Å². The molecular formula is C20H22N2O4. The predicted octanol–water partition coefficient (Wildman–Crippen LogP) is 4.98. The first-order chi connectivity index (χ1) is 12.7. The van der Waals surface area contributed by atoms with Crippen LogP contribution in [-0.2, 0) is 6.54 Å². The van der Waals surface area contributed by atoms with E-state index in [0.29, 0.717) is 29.5 Å². The van der Waals surface area contributed by atoms with Gasteiger partial charge < -0.3 is 14.8 Å². The van der Waals surface area contributed by atoms with Crippen molar-refractivity contribution in [3.63, 3.8) is 0 Å². The number of nitro groups is 1. The molecule has 6 nitrogen and oxygen atoms in total. The molecule has 136 valence electrons. The minimum absolute atomic E-state index is 0.0422. The van der Waals surface area contributed by atoms with Crippen LogP contribution in [0.15, 0.2) is 36.4 Å². The number of anilines is 1. The third-order valence-electron chi connectivity index (χ3n) is 5.24. The van der Waals surface area contributed by atoms with Crippen LogP contribution < -0.4 is 14.8 Å². The SMILES string of the molecule is O=[N+]([O-])c1cc2c(cc1CNc1ccc(C3CCCCC3)cc1)OCO2. The van der Waals surface area contributed by atoms with E-state index in [1.165, 1.54) is 43.7 Å². The smallest absolute Gasteiger partial charge is 0.278 e. The molecule has 1 fully saturated rings. The van der Waals surface area contributed by atoms with Gasteiger partial charge in [0, 0.05) is 12.2 Å². The van der Waals surface area contributed by atoms with E-state index < -0.39 is 0 Å². The topological polar surface area (TPSA) is 73.6 Å². The molecule has 0 radical (unpaired) electrons. The number of fused-ring (bicyclic) bond motifs is 1. The summed E-state index contributed by atoms with van der Waals surface area (Å²) in [5.74, 6) is 1.66. The highest BCUT2D eigenvalue weighted by molar-refractivity contribution is 5.56. The molecule has 0 amide bonds. The zero-order valence-corrected chi connectivity index (χ0v) is 14.6. The highest BCUT2D eigenvalue weighted by Gasteiger charge is 2.23. The van der Waals surface area contributed by atoms with E-state index in [4.69, 9.17) is 9.47 Å². The zero-order valence-electron chi connectivity index (χ0n) is 14.6. The fourth-order valence-electron chi connectivity index (χ4n) is 3.79. The summed E-state index contributed by atoms with van der Waals surface area (Å²) in [6.07, 6.45) is 6.54. The number of benzene rings is 2. The largest absolute Gasteiger partial charge is 0.454 e. The molecule has 1 aliphatic carbocycles. The Bertz CT molecular complexity index is 798. The summed E-state index contributed by atoms with van der Waals surface area (Å²) >= 11 is 0. The summed E-state index contributed by atoms with van der Waals surface area (Å²) < 4.78 is 10.6. The van der Waals surface area contributed by atoms with Crippen molar-refractivity contribution >= 4 is 11.4 Å². The van der Waals surface area contributed by atoms with E-state index in [1.54, 1.807) is 6.07 Å². The average molecular weight is 354 g/mol. The van der Waals surface area contributed by atoms with Gasteiger partial charge in [0.15, 0.2) is 11.5 Å². The van der Waals surface area contributed by atoms with E-state index >= 15 is 0 Å². The van der Waals surface area contributed by atoms with Crippen molar-refractivity contribution in [2.24, 2.45) is 0 Å². The Labute approximate surface area is 152 Å². The summed E-state index contributed by atoms with van der Waals surface area (Å²) in [4.78, 5) is 11.0. The fourth-order valence-corrected chi connectivity index (χ4v) is 3.79. The van der Waals surface area contributed by atoms with Crippen molar-refractivity contribution in [1.29, 1.82) is 0 Å². The van der Waals surface area contributed by atoms with E-state index in [0.717, 1.165) is 5.69 Å². The first kappa shape index (κ1) is 16.7. The van der Waals surface area contributed by atoms with Crippen LogP contribution in [0.25, 0.3) is 0 Å². The zero-order chi connectivity index (χ0) is 17.9. The maximum absolute atomic E-state index is 11.3. The Morgan fingerprint density at radius 3 is 2.42 bits per heavy atom. The molecule has 0 unspecified atom stereocenters. The Balaban J connectivity index is 1.46.